The van der Waals surface area contributed by atoms with Crippen LogP contribution < -0.4 is 5.32 Å². The van der Waals surface area contributed by atoms with Crippen molar-refractivity contribution in [2.24, 2.45) is 0 Å². The lowest BCUT2D eigenvalue weighted by atomic mass is 10.0. The number of aromatic nitrogens is 2. The molecule has 4 heteroatoms. The summed E-state index contributed by atoms with van der Waals surface area (Å²) in [4.78, 5) is 0. The third kappa shape index (κ3) is 3.48. The van der Waals surface area contributed by atoms with E-state index in [1.165, 1.54) is 11.1 Å². The number of hydrogen-bond acceptors (Lipinski definition) is 4. The van der Waals surface area contributed by atoms with Crippen LogP contribution in [0, 0.1) is 6.92 Å². The van der Waals surface area contributed by atoms with Crippen LogP contribution in [0.25, 0.3) is 0 Å². The fraction of sp³-hybridized carbons (Fsp3) is 0.176. The standard InChI is InChI=1S/C17H17N3O/c1-13-19-20-17(21-13)12-18-16-10-6-5-9-15(16)11-14-7-3-2-4-8-14/h2-10,18H,11-12H2,1H3. The van der Waals surface area contributed by atoms with Crippen LogP contribution in [0.5, 0.6) is 0 Å². The van der Waals surface area contributed by atoms with Gasteiger partial charge in [0, 0.05) is 12.6 Å². The first-order valence-corrected chi connectivity index (χ1v) is 6.96. The Morgan fingerprint density at radius 2 is 1.71 bits per heavy atom. The maximum Gasteiger partial charge on any atom is 0.235 e. The third-order valence-electron chi connectivity index (χ3n) is 3.25. The summed E-state index contributed by atoms with van der Waals surface area (Å²) in [6.07, 6.45) is 0.896. The lowest BCUT2D eigenvalue weighted by molar-refractivity contribution is 0.475. The largest absolute Gasteiger partial charge is 0.424 e. The van der Waals surface area contributed by atoms with Crippen LogP contribution in [-0.4, -0.2) is 10.2 Å². The molecule has 0 bridgehead atoms. The second-order valence-electron chi connectivity index (χ2n) is 4.89. The molecule has 0 unspecified atom stereocenters. The van der Waals surface area contributed by atoms with Crippen molar-refractivity contribution in [3.63, 3.8) is 0 Å². The molecule has 3 rings (SSSR count). The summed E-state index contributed by atoms with van der Waals surface area (Å²) in [5.74, 6) is 1.19. The lowest BCUT2D eigenvalue weighted by Crippen LogP contribution is -2.03. The molecule has 21 heavy (non-hydrogen) atoms. The van der Waals surface area contributed by atoms with Crippen molar-refractivity contribution in [2.45, 2.75) is 19.9 Å². The predicted molar refractivity (Wildman–Crippen MR) is 82.1 cm³/mol. The fourth-order valence-electron chi connectivity index (χ4n) is 2.24. The lowest BCUT2D eigenvalue weighted by Gasteiger charge is -2.10. The van der Waals surface area contributed by atoms with Crippen LogP contribution in [0.1, 0.15) is 22.9 Å². The van der Waals surface area contributed by atoms with E-state index in [0.717, 1.165) is 12.1 Å². The Bertz CT molecular complexity index is 707. The molecule has 2 aromatic carbocycles. The number of nitrogens with zero attached hydrogens (tertiary/aromatic N) is 2. The average Bonchev–Trinajstić information content (AvgIpc) is 2.93. The molecule has 1 heterocycles. The molecule has 0 fully saturated rings. The molecule has 0 spiro atoms. The van der Waals surface area contributed by atoms with Gasteiger partial charge in [-0.05, 0) is 23.6 Å². The minimum absolute atomic E-state index is 0.534. The molecule has 4 nitrogen and oxygen atoms in total. The van der Waals surface area contributed by atoms with Gasteiger partial charge in [-0.3, -0.25) is 0 Å². The van der Waals surface area contributed by atoms with Crippen LogP contribution in [0.2, 0.25) is 0 Å². The minimum Gasteiger partial charge on any atom is -0.424 e. The van der Waals surface area contributed by atoms with E-state index in [1.54, 1.807) is 6.92 Å². The van der Waals surface area contributed by atoms with Gasteiger partial charge in [-0.15, -0.1) is 10.2 Å². The SMILES string of the molecule is Cc1nnc(CNc2ccccc2Cc2ccccc2)o1. The van der Waals surface area contributed by atoms with Crippen LogP contribution >= 0.6 is 0 Å². The first-order chi connectivity index (χ1) is 10.3. The maximum atomic E-state index is 5.38. The van der Waals surface area contributed by atoms with Gasteiger partial charge in [-0.25, -0.2) is 0 Å². The molecule has 1 N–H and O–H groups in total. The Hall–Kier alpha value is -2.62. The van der Waals surface area contributed by atoms with Crippen molar-refractivity contribution in [2.75, 3.05) is 5.32 Å². The molecule has 0 aliphatic rings. The van der Waals surface area contributed by atoms with E-state index in [9.17, 15) is 0 Å². The minimum atomic E-state index is 0.534. The van der Waals surface area contributed by atoms with E-state index in [4.69, 9.17) is 4.42 Å². The van der Waals surface area contributed by atoms with Gasteiger partial charge in [0.15, 0.2) is 0 Å². The molecule has 1 aromatic heterocycles. The number of anilines is 1. The summed E-state index contributed by atoms with van der Waals surface area (Å²) in [6, 6.07) is 18.7. The molecule has 0 aliphatic heterocycles. The normalized spacial score (nSPS) is 10.5. The summed E-state index contributed by atoms with van der Waals surface area (Å²) in [5, 5.41) is 11.2. The number of aryl methyl sites for hydroxylation is 1. The topological polar surface area (TPSA) is 51.0 Å². The van der Waals surface area contributed by atoms with Crippen molar-refractivity contribution in [3.8, 4) is 0 Å². The zero-order valence-electron chi connectivity index (χ0n) is 11.9. The van der Waals surface area contributed by atoms with Crippen LogP contribution in [0.15, 0.2) is 59.0 Å². The predicted octanol–water partition coefficient (Wildman–Crippen LogP) is 3.58. The monoisotopic (exact) mass is 279 g/mol. The van der Waals surface area contributed by atoms with Crippen LogP contribution in [-0.2, 0) is 13.0 Å². The Labute approximate surface area is 123 Å². The van der Waals surface area contributed by atoms with E-state index in [0.29, 0.717) is 18.3 Å². The molecule has 0 aliphatic carbocycles. The second kappa shape index (κ2) is 6.22. The Morgan fingerprint density at radius 1 is 0.952 bits per heavy atom. The van der Waals surface area contributed by atoms with Gasteiger partial charge >= 0.3 is 0 Å². The average molecular weight is 279 g/mol. The first-order valence-electron chi connectivity index (χ1n) is 6.96. The molecular formula is C17H17N3O. The molecule has 0 amide bonds. The van der Waals surface area contributed by atoms with Crippen molar-refractivity contribution >= 4 is 5.69 Å². The number of para-hydroxylation sites is 1. The third-order valence-corrected chi connectivity index (χ3v) is 3.25. The van der Waals surface area contributed by atoms with Gasteiger partial charge in [-0.1, -0.05) is 48.5 Å². The molecule has 0 atom stereocenters. The molecule has 0 saturated heterocycles. The van der Waals surface area contributed by atoms with E-state index >= 15 is 0 Å². The van der Waals surface area contributed by atoms with E-state index in [2.05, 4.69) is 58.0 Å². The van der Waals surface area contributed by atoms with E-state index in [-0.39, 0.29) is 0 Å². The summed E-state index contributed by atoms with van der Waals surface area (Å²) >= 11 is 0. The fourth-order valence-corrected chi connectivity index (χ4v) is 2.24. The highest BCUT2D eigenvalue weighted by Crippen LogP contribution is 2.19. The summed E-state index contributed by atoms with van der Waals surface area (Å²) < 4.78 is 5.38. The molecular weight excluding hydrogens is 262 g/mol. The number of benzene rings is 2. The van der Waals surface area contributed by atoms with Crippen molar-refractivity contribution in [3.05, 3.63) is 77.5 Å². The highest BCUT2D eigenvalue weighted by Gasteiger charge is 2.05. The Morgan fingerprint density at radius 3 is 2.48 bits per heavy atom. The van der Waals surface area contributed by atoms with Crippen LogP contribution in [0.4, 0.5) is 5.69 Å². The molecule has 106 valence electrons. The van der Waals surface area contributed by atoms with Gasteiger partial charge in [-0.2, -0.15) is 0 Å². The van der Waals surface area contributed by atoms with E-state index < -0.39 is 0 Å². The summed E-state index contributed by atoms with van der Waals surface area (Å²) in [7, 11) is 0. The van der Waals surface area contributed by atoms with Gasteiger partial charge in [0.25, 0.3) is 0 Å². The quantitative estimate of drug-likeness (QED) is 0.775. The maximum absolute atomic E-state index is 5.38. The van der Waals surface area contributed by atoms with Gasteiger partial charge in [0.2, 0.25) is 11.8 Å². The molecule has 3 aromatic rings. The Balaban J connectivity index is 1.73. The molecule has 0 saturated carbocycles. The number of nitrogens with one attached hydrogen (secondary N) is 1. The van der Waals surface area contributed by atoms with Gasteiger partial charge in [0.05, 0.1) is 6.54 Å². The summed E-state index contributed by atoms with van der Waals surface area (Å²) in [6.45, 7) is 2.33. The second-order valence-corrected chi connectivity index (χ2v) is 4.89. The first kappa shape index (κ1) is 13.4. The zero-order chi connectivity index (χ0) is 14.5. The van der Waals surface area contributed by atoms with E-state index in [1.807, 2.05) is 12.1 Å². The van der Waals surface area contributed by atoms with Crippen molar-refractivity contribution in [1.82, 2.24) is 10.2 Å². The number of hydrogen-bond donors (Lipinski definition) is 1. The van der Waals surface area contributed by atoms with Gasteiger partial charge in [0.1, 0.15) is 0 Å². The number of rotatable bonds is 5. The molecule has 0 radical (unpaired) electrons. The highest BCUT2D eigenvalue weighted by atomic mass is 16.4. The smallest absolute Gasteiger partial charge is 0.235 e. The Kier molecular flexibility index (Phi) is 3.96. The highest BCUT2D eigenvalue weighted by molar-refractivity contribution is 5.52. The summed E-state index contributed by atoms with van der Waals surface area (Å²) in [5.41, 5.74) is 3.64. The van der Waals surface area contributed by atoms with Crippen LogP contribution in [0.3, 0.4) is 0 Å². The van der Waals surface area contributed by atoms with Crippen molar-refractivity contribution < 1.29 is 4.42 Å². The van der Waals surface area contributed by atoms with Gasteiger partial charge < -0.3 is 9.73 Å². The van der Waals surface area contributed by atoms with Crippen molar-refractivity contribution in [1.29, 1.82) is 0 Å². The zero-order valence-corrected chi connectivity index (χ0v) is 11.9.